The van der Waals surface area contributed by atoms with Gasteiger partial charge in [-0.3, -0.25) is 14.2 Å². The summed E-state index contributed by atoms with van der Waals surface area (Å²) in [6.07, 6.45) is 2.92. The summed E-state index contributed by atoms with van der Waals surface area (Å²) in [7, 11) is 0. The van der Waals surface area contributed by atoms with E-state index in [-0.39, 0.29) is 17.9 Å². The van der Waals surface area contributed by atoms with E-state index in [4.69, 9.17) is 0 Å². The lowest BCUT2D eigenvalue weighted by molar-refractivity contribution is -0.133. The molecule has 7 nitrogen and oxygen atoms in total. The monoisotopic (exact) mass is 629 g/mol. The molecule has 234 valence electrons. The van der Waals surface area contributed by atoms with E-state index in [0.717, 1.165) is 46.4 Å². The molecule has 1 fully saturated rings. The first-order valence-electron chi connectivity index (χ1n) is 16.0. The Kier molecular flexibility index (Phi) is 10.2. The lowest BCUT2D eigenvalue weighted by Gasteiger charge is -2.40. The predicted octanol–water partition coefficient (Wildman–Crippen LogP) is 7.16. The Labute approximate surface area is 275 Å². The van der Waals surface area contributed by atoms with Gasteiger partial charge >= 0.3 is 0 Å². The summed E-state index contributed by atoms with van der Waals surface area (Å²) < 4.78 is 2.14. The molecule has 0 saturated carbocycles. The van der Waals surface area contributed by atoms with Gasteiger partial charge in [0.25, 0.3) is 5.91 Å². The van der Waals surface area contributed by atoms with E-state index < -0.39 is 0 Å². The number of amides is 2. The summed E-state index contributed by atoms with van der Waals surface area (Å²) >= 11 is 1.68. The number of piperazine rings is 1. The van der Waals surface area contributed by atoms with Crippen molar-refractivity contribution in [3.63, 3.8) is 0 Å². The molecule has 1 unspecified atom stereocenters. The highest BCUT2D eigenvalue weighted by Gasteiger charge is 2.30. The van der Waals surface area contributed by atoms with Gasteiger partial charge in [0.2, 0.25) is 5.91 Å². The van der Waals surface area contributed by atoms with E-state index in [1.165, 1.54) is 5.56 Å². The fourth-order valence-electron chi connectivity index (χ4n) is 5.91. The smallest absolute Gasteiger partial charge is 0.254 e. The molecular weight excluding hydrogens is 591 g/mol. The number of nitrogens with zero attached hydrogens (tertiary/aromatic N) is 5. The minimum atomic E-state index is -0.0380. The second-order valence-electron chi connectivity index (χ2n) is 11.7. The number of thioether (sulfide) groups is 1. The predicted molar refractivity (Wildman–Crippen MR) is 184 cm³/mol. The van der Waals surface area contributed by atoms with Crippen LogP contribution in [-0.4, -0.2) is 67.8 Å². The fraction of sp³-hybridized carbons (Fsp3) is 0.263. The molecule has 1 atom stereocenters. The van der Waals surface area contributed by atoms with E-state index in [1.54, 1.807) is 11.8 Å². The average molecular weight is 630 g/mol. The van der Waals surface area contributed by atoms with Gasteiger partial charge in [-0.15, -0.1) is 10.2 Å². The number of para-hydroxylation sites is 1. The molecule has 46 heavy (non-hydrogen) atoms. The summed E-state index contributed by atoms with van der Waals surface area (Å²) in [5.74, 6) is 1.94. The van der Waals surface area contributed by atoms with Crippen molar-refractivity contribution in [1.29, 1.82) is 0 Å². The second-order valence-corrected chi connectivity index (χ2v) is 12.7. The SMILES string of the molecule is CC1CN(C(=O)CCCCSc2nnc(Cc3ccccc3)n2-c2ccccc2)CCN1C(=O)c1ccc(-c2ccccc2)cc1. The molecule has 2 amide bonds. The highest BCUT2D eigenvalue weighted by atomic mass is 32.2. The Hall–Kier alpha value is -4.69. The van der Waals surface area contributed by atoms with Crippen LogP contribution < -0.4 is 0 Å². The lowest BCUT2D eigenvalue weighted by Crippen LogP contribution is -2.55. The van der Waals surface area contributed by atoms with Gasteiger partial charge in [0.15, 0.2) is 5.16 Å². The maximum absolute atomic E-state index is 13.3. The van der Waals surface area contributed by atoms with E-state index in [2.05, 4.69) is 51.2 Å². The van der Waals surface area contributed by atoms with Gasteiger partial charge in [0.05, 0.1) is 0 Å². The first kappa shape index (κ1) is 31.3. The number of aromatic nitrogens is 3. The van der Waals surface area contributed by atoms with Crippen LogP contribution in [0.5, 0.6) is 0 Å². The molecule has 8 heteroatoms. The van der Waals surface area contributed by atoms with Crippen molar-refractivity contribution in [2.24, 2.45) is 0 Å². The van der Waals surface area contributed by atoms with Gasteiger partial charge in [0.1, 0.15) is 5.82 Å². The largest absolute Gasteiger partial charge is 0.339 e. The maximum Gasteiger partial charge on any atom is 0.254 e. The van der Waals surface area contributed by atoms with Crippen LogP contribution in [0.1, 0.15) is 47.9 Å². The minimum absolute atomic E-state index is 0.0199. The Bertz CT molecular complexity index is 1730. The zero-order chi connectivity index (χ0) is 31.7. The molecule has 0 bridgehead atoms. The average Bonchev–Trinajstić information content (AvgIpc) is 3.50. The van der Waals surface area contributed by atoms with Crippen LogP contribution in [0.3, 0.4) is 0 Å². The molecule has 1 saturated heterocycles. The molecule has 2 heterocycles. The Morgan fingerprint density at radius 1 is 0.761 bits per heavy atom. The highest BCUT2D eigenvalue weighted by molar-refractivity contribution is 7.99. The van der Waals surface area contributed by atoms with Crippen LogP contribution in [0.15, 0.2) is 120 Å². The van der Waals surface area contributed by atoms with Gasteiger partial charge in [-0.05, 0) is 60.7 Å². The summed E-state index contributed by atoms with van der Waals surface area (Å²) in [6, 6.07) is 38.5. The minimum Gasteiger partial charge on any atom is -0.339 e. The lowest BCUT2D eigenvalue weighted by atomic mass is 10.0. The van der Waals surface area contributed by atoms with Crippen molar-refractivity contribution in [3.8, 4) is 16.8 Å². The number of benzene rings is 4. The van der Waals surface area contributed by atoms with Gasteiger partial charge in [-0.25, -0.2) is 0 Å². The molecular formula is C38H39N5O2S. The fourth-order valence-corrected chi connectivity index (χ4v) is 6.88. The zero-order valence-corrected chi connectivity index (χ0v) is 27.0. The molecule has 1 aliphatic heterocycles. The Balaban J connectivity index is 0.973. The van der Waals surface area contributed by atoms with Crippen molar-refractivity contribution < 1.29 is 9.59 Å². The van der Waals surface area contributed by atoms with E-state index in [1.807, 2.05) is 95.6 Å². The topological polar surface area (TPSA) is 71.3 Å². The standard InChI is InChI=1S/C38H39N5O2S/c1-29-28-41(24-25-42(29)37(45)33-22-20-32(21-23-33)31-15-7-3-8-16-31)36(44)19-11-12-26-46-38-40-39-35(27-30-13-5-2-6-14-30)43(38)34-17-9-4-10-18-34/h2-10,13-18,20-23,29H,11-12,19,24-28H2,1H3. The van der Waals surface area contributed by atoms with Gasteiger partial charge in [-0.1, -0.05) is 103 Å². The number of unbranched alkanes of at least 4 members (excludes halogenated alkanes) is 1. The summed E-state index contributed by atoms with van der Waals surface area (Å²) in [4.78, 5) is 30.2. The van der Waals surface area contributed by atoms with E-state index in [9.17, 15) is 9.59 Å². The molecule has 1 aliphatic rings. The van der Waals surface area contributed by atoms with Gasteiger partial charge < -0.3 is 9.80 Å². The third-order valence-corrected chi connectivity index (χ3v) is 9.43. The second kappa shape index (κ2) is 15.1. The van der Waals surface area contributed by atoms with E-state index in [0.29, 0.717) is 38.0 Å². The van der Waals surface area contributed by atoms with Crippen molar-refractivity contribution in [2.45, 2.75) is 43.8 Å². The third kappa shape index (κ3) is 7.57. The first-order valence-corrected chi connectivity index (χ1v) is 17.0. The molecule has 0 aliphatic carbocycles. The first-order chi connectivity index (χ1) is 22.6. The van der Waals surface area contributed by atoms with Crippen molar-refractivity contribution in [1.82, 2.24) is 24.6 Å². The van der Waals surface area contributed by atoms with Crippen LogP contribution >= 0.6 is 11.8 Å². The molecule has 4 aromatic carbocycles. The third-order valence-electron chi connectivity index (χ3n) is 8.42. The van der Waals surface area contributed by atoms with Gasteiger partial charge in [-0.2, -0.15) is 0 Å². The maximum atomic E-state index is 13.3. The van der Waals surface area contributed by atoms with Crippen molar-refractivity contribution in [2.75, 3.05) is 25.4 Å². The van der Waals surface area contributed by atoms with Crippen molar-refractivity contribution >= 4 is 23.6 Å². The van der Waals surface area contributed by atoms with E-state index >= 15 is 0 Å². The highest BCUT2D eigenvalue weighted by Crippen LogP contribution is 2.25. The molecule has 1 aromatic heterocycles. The molecule has 0 spiro atoms. The van der Waals surface area contributed by atoms with Crippen molar-refractivity contribution in [3.05, 3.63) is 132 Å². The number of carbonyl (C=O) groups is 2. The van der Waals surface area contributed by atoms with Crippen LogP contribution in [0.4, 0.5) is 0 Å². The summed E-state index contributed by atoms with van der Waals surface area (Å²) in [6.45, 7) is 3.70. The quantitative estimate of drug-likeness (QED) is 0.115. The molecule has 5 aromatic rings. The number of carbonyl (C=O) groups excluding carboxylic acids is 2. The van der Waals surface area contributed by atoms with Crippen LogP contribution in [-0.2, 0) is 11.2 Å². The van der Waals surface area contributed by atoms with Crippen LogP contribution in [0.2, 0.25) is 0 Å². The van der Waals surface area contributed by atoms with Crippen LogP contribution in [0, 0.1) is 0 Å². The van der Waals surface area contributed by atoms with Crippen LogP contribution in [0.25, 0.3) is 16.8 Å². The molecule has 0 N–H and O–H groups in total. The normalized spacial score (nSPS) is 14.8. The summed E-state index contributed by atoms with van der Waals surface area (Å²) in [5, 5.41) is 9.94. The Morgan fingerprint density at radius 2 is 1.41 bits per heavy atom. The number of hydrogen-bond donors (Lipinski definition) is 0. The summed E-state index contributed by atoms with van der Waals surface area (Å²) in [5.41, 5.74) is 5.14. The van der Waals surface area contributed by atoms with Gasteiger partial charge in [0, 0.05) is 55.5 Å². The molecule has 6 rings (SSSR count). The Morgan fingerprint density at radius 3 is 2.11 bits per heavy atom. The number of rotatable bonds is 11. The number of hydrogen-bond acceptors (Lipinski definition) is 5. The molecule has 0 radical (unpaired) electrons. The zero-order valence-electron chi connectivity index (χ0n) is 26.2.